The lowest BCUT2D eigenvalue weighted by Crippen LogP contribution is -2.30. The Morgan fingerprint density at radius 1 is 1.19 bits per heavy atom. The molecule has 1 aromatic carbocycles. The molecule has 1 amide bonds. The van der Waals surface area contributed by atoms with Gasteiger partial charge >= 0.3 is 5.97 Å². The zero-order chi connectivity index (χ0) is 19.2. The van der Waals surface area contributed by atoms with E-state index in [1.807, 2.05) is 6.92 Å². The van der Waals surface area contributed by atoms with Gasteiger partial charge in [0, 0.05) is 25.2 Å². The normalized spacial score (nSPS) is 16.2. The summed E-state index contributed by atoms with van der Waals surface area (Å²) in [4.78, 5) is 23.9. The van der Waals surface area contributed by atoms with Gasteiger partial charge in [0.1, 0.15) is 0 Å². The van der Waals surface area contributed by atoms with Crippen molar-refractivity contribution in [2.45, 2.75) is 57.0 Å². The van der Waals surface area contributed by atoms with E-state index in [1.165, 1.54) is 35.5 Å². The van der Waals surface area contributed by atoms with E-state index in [4.69, 9.17) is 4.74 Å². The van der Waals surface area contributed by atoms with Crippen LogP contribution in [0.5, 0.6) is 0 Å². The number of nitrogens with one attached hydrogen (secondary N) is 1. The highest BCUT2D eigenvalue weighted by Gasteiger charge is 2.27. The van der Waals surface area contributed by atoms with Gasteiger partial charge in [0.15, 0.2) is 6.10 Å². The number of rotatable bonds is 8. The van der Waals surface area contributed by atoms with Crippen LogP contribution in [-0.2, 0) is 24.3 Å². The quantitative estimate of drug-likeness (QED) is 0.698. The minimum absolute atomic E-state index is 0.205. The molecule has 1 aromatic rings. The number of benzene rings is 1. The van der Waals surface area contributed by atoms with Crippen LogP contribution in [0.25, 0.3) is 0 Å². The summed E-state index contributed by atoms with van der Waals surface area (Å²) in [6, 6.07) is 6.02. The number of hydrogen-bond acceptors (Lipinski definition) is 5. The van der Waals surface area contributed by atoms with E-state index >= 15 is 0 Å². The minimum atomic E-state index is -3.47. The second-order valence-electron chi connectivity index (χ2n) is 6.36. The molecule has 1 unspecified atom stereocenters. The number of anilines is 1. The van der Waals surface area contributed by atoms with Crippen molar-refractivity contribution < 1.29 is 22.7 Å². The maximum atomic E-state index is 12.5. The van der Waals surface area contributed by atoms with E-state index in [0.717, 1.165) is 25.7 Å². The van der Waals surface area contributed by atoms with Crippen LogP contribution in [-0.4, -0.2) is 43.8 Å². The molecule has 144 valence electrons. The van der Waals surface area contributed by atoms with Crippen molar-refractivity contribution in [1.82, 2.24) is 4.31 Å². The molecule has 8 heteroatoms. The van der Waals surface area contributed by atoms with Crippen LogP contribution in [0, 0.1) is 0 Å². The molecule has 7 nitrogen and oxygen atoms in total. The molecule has 2 rings (SSSR count). The number of unbranched alkanes of at least 4 members (excludes halogenated alkanes) is 1. The van der Waals surface area contributed by atoms with Gasteiger partial charge in [-0.05, 0) is 50.5 Å². The second kappa shape index (κ2) is 9.14. The molecule has 1 N–H and O–H groups in total. The number of nitrogens with zero attached hydrogens (tertiary/aromatic N) is 1. The van der Waals surface area contributed by atoms with E-state index in [9.17, 15) is 18.0 Å². The molecule has 1 heterocycles. The molecule has 0 bridgehead atoms. The molecule has 1 aliphatic rings. The molecule has 0 aromatic heterocycles. The fourth-order valence-electron chi connectivity index (χ4n) is 2.66. The average molecular weight is 382 g/mol. The van der Waals surface area contributed by atoms with E-state index in [1.54, 1.807) is 0 Å². The maximum Gasteiger partial charge on any atom is 0.306 e. The summed E-state index contributed by atoms with van der Waals surface area (Å²) >= 11 is 0. The predicted molar refractivity (Wildman–Crippen MR) is 98.1 cm³/mol. The lowest BCUT2D eigenvalue weighted by Gasteiger charge is -2.16. The van der Waals surface area contributed by atoms with E-state index in [2.05, 4.69) is 5.32 Å². The fraction of sp³-hybridized carbons (Fsp3) is 0.556. The van der Waals surface area contributed by atoms with Gasteiger partial charge in [0.2, 0.25) is 10.0 Å². The SMILES string of the molecule is CCCCC(=O)OC(C)C(=O)Nc1ccc(S(=O)(=O)N2CCCC2)cc1. The maximum absolute atomic E-state index is 12.5. The van der Waals surface area contributed by atoms with Crippen molar-refractivity contribution in [3.05, 3.63) is 24.3 Å². The highest BCUT2D eigenvalue weighted by atomic mass is 32.2. The standard InChI is InChI=1S/C18H26N2O5S/c1-3-4-7-17(21)25-14(2)18(22)19-15-8-10-16(11-9-15)26(23,24)20-12-5-6-13-20/h8-11,14H,3-7,12-13H2,1-2H3,(H,19,22). The Labute approximate surface area is 154 Å². The minimum Gasteiger partial charge on any atom is -0.453 e. The van der Waals surface area contributed by atoms with Crippen molar-refractivity contribution in [2.24, 2.45) is 0 Å². The molecular weight excluding hydrogens is 356 g/mol. The number of carbonyl (C=O) groups excluding carboxylic acids is 2. The van der Waals surface area contributed by atoms with Crippen molar-refractivity contribution in [1.29, 1.82) is 0 Å². The number of sulfonamides is 1. The molecule has 1 atom stereocenters. The van der Waals surface area contributed by atoms with Crippen LogP contribution < -0.4 is 5.32 Å². The molecule has 1 aliphatic heterocycles. The van der Waals surface area contributed by atoms with Gasteiger partial charge < -0.3 is 10.1 Å². The first-order chi connectivity index (χ1) is 12.3. The lowest BCUT2D eigenvalue weighted by molar-refractivity contribution is -0.153. The molecule has 0 radical (unpaired) electrons. The Hall–Kier alpha value is -1.93. The summed E-state index contributed by atoms with van der Waals surface area (Å²) in [5, 5.41) is 2.63. The number of ether oxygens (including phenoxy) is 1. The van der Waals surface area contributed by atoms with Gasteiger partial charge in [-0.3, -0.25) is 9.59 Å². The summed E-state index contributed by atoms with van der Waals surface area (Å²) in [6.07, 6.45) is 2.73. The summed E-state index contributed by atoms with van der Waals surface area (Å²) in [5.74, 6) is -0.855. The summed E-state index contributed by atoms with van der Waals surface area (Å²) in [6.45, 7) is 4.56. The zero-order valence-electron chi connectivity index (χ0n) is 15.2. The first kappa shape index (κ1) is 20.4. The van der Waals surface area contributed by atoms with Gasteiger partial charge in [0.05, 0.1) is 4.90 Å². The van der Waals surface area contributed by atoms with Crippen LogP contribution >= 0.6 is 0 Å². The van der Waals surface area contributed by atoms with E-state index in [-0.39, 0.29) is 11.3 Å². The highest BCUT2D eigenvalue weighted by Crippen LogP contribution is 2.22. The Bertz CT molecular complexity index is 724. The van der Waals surface area contributed by atoms with Crippen molar-refractivity contribution >= 4 is 27.6 Å². The average Bonchev–Trinajstić information content (AvgIpc) is 3.16. The van der Waals surface area contributed by atoms with Crippen LogP contribution in [0.15, 0.2) is 29.2 Å². The van der Waals surface area contributed by atoms with E-state index in [0.29, 0.717) is 18.8 Å². The Morgan fingerprint density at radius 3 is 2.38 bits per heavy atom. The number of hydrogen-bond donors (Lipinski definition) is 1. The van der Waals surface area contributed by atoms with Crippen LogP contribution in [0.4, 0.5) is 5.69 Å². The fourth-order valence-corrected chi connectivity index (χ4v) is 4.18. The molecule has 0 spiro atoms. The Morgan fingerprint density at radius 2 is 1.81 bits per heavy atom. The summed E-state index contributed by atoms with van der Waals surface area (Å²) in [7, 11) is -3.47. The molecule has 0 aliphatic carbocycles. The van der Waals surface area contributed by atoms with Crippen LogP contribution in [0.3, 0.4) is 0 Å². The van der Waals surface area contributed by atoms with Crippen molar-refractivity contribution in [3.63, 3.8) is 0 Å². The largest absolute Gasteiger partial charge is 0.453 e. The number of esters is 1. The van der Waals surface area contributed by atoms with Crippen LogP contribution in [0.2, 0.25) is 0 Å². The lowest BCUT2D eigenvalue weighted by atomic mass is 10.2. The van der Waals surface area contributed by atoms with Gasteiger partial charge in [-0.25, -0.2) is 8.42 Å². The molecule has 26 heavy (non-hydrogen) atoms. The molecular formula is C18H26N2O5S. The zero-order valence-corrected chi connectivity index (χ0v) is 16.0. The van der Waals surface area contributed by atoms with Gasteiger partial charge in [-0.2, -0.15) is 4.31 Å². The first-order valence-corrected chi connectivity index (χ1v) is 10.4. The highest BCUT2D eigenvalue weighted by molar-refractivity contribution is 7.89. The first-order valence-electron chi connectivity index (χ1n) is 8.95. The third kappa shape index (κ3) is 5.28. The third-order valence-electron chi connectivity index (χ3n) is 4.24. The topological polar surface area (TPSA) is 92.8 Å². The molecule has 1 saturated heterocycles. The van der Waals surface area contributed by atoms with Crippen molar-refractivity contribution in [3.8, 4) is 0 Å². The van der Waals surface area contributed by atoms with Gasteiger partial charge in [0.25, 0.3) is 5.91 Å². The smallest absolute Gasteiger partial charge is 0.306 e. The van der Waals surface area contributed by atoms with Crippen LogP contribution in [0.1, 0.15) is 46.0 Å². The van der Waals surface area contributed by atoms with E-state index < -0.39 is 28.0 Å². The van der Waals surface area contributed by atoms with Gasteiger partial charge in [-0.15, -0.1) is 0 Å². The number of amides is 1. The molecule has 1 fully saturated rings. The van der Waals surface area contributed by atoms with Crippen molar-refractivity contribution in [2.75, 3.05) is 18.4 Å². The monoisotopic (exact) mass is 382 g/mol. The number of carbonyl (C=O) groups is 2. The summed E-state index contributed by atoms with van der Waals surface area (Å²) < 4.78 is 31.5. The van der Waals surface area contributed by atoms with Gasteiger partial charge in [-0.1, -0.05) is 13.3 Å². The Balaban J connectivity index is 1.94. The predicted octanol–water partition coefficient (Wildman–Crippen LogP) is 2.53. The third-order valence-corrected chi connectivity index (χ3v) is 6.15. The Kier molecular flexibility index (Phi) is 7.16. The second-order valence-corrected chi connectivity index (χ2v) is 8.30. The molecule has 0 saturated carbocycles. The summed E-state index contributed by atoms with van der Waals surface area (Å²) in [5.41, 5.74) is 0.451.